The van der Waals surface area contributed by atoms with Gasteiger partial charge in [-0.1, -0.05) is 19.1 Å². The third kappa shape index (κ3) is 4.05. The zero-order valence-electron chi connectivity index (χ0n) is 15.5. The summed E-state index contributed by atoms with van der Waals surface area (Å²) in [5, 5.41) is 15.3. The van der Waals surface area contributed by atoms with Crippen LogP contribution in [-0.4, -0.2) is 40.1 Å². The van der Waals surface area contributed by atoms with E-state index in [2.05, 4.69) is 20.6 Å². The van der Waals surface area contributed by atoms with E-state index in [0.717, 1.165) is 17.0 Å². The molecule has 140 valence electrons. The molecular formula is C19H21N5O3. The second kappa shape index (κ2) is 8.31. The normalized spacial score (nSPS) is 10.5. The molecule has 1 aromatic carbocycles. The molecule has 1 amide bonds. The first-order chi connectivity index (χ1) is 13.2. The van der Waals surface area contributed by atoms with Gasteiger partial charge in [0.25, 0.3) is 5.91 Å². The number of ether oxygens (including phenoxy) is 2. The van der Waals surface area contributed by atoms with Crippen LogP contribution in [0.2, 0.25) is 0 Å². The number of amides is 1. The summed E-state index contributed by atoms with van der Waals surface area (Å²) in [5.74, 6) is 1.54. The molecule has 1 N–H and O–H groups in total. The fourth-order valence-corrected chi connectivity index (χ4v) is 2.66. The SMILES string of the molecule is CCc1c(C(=O)NCc2ccc(OC)cc2)cnn1-c1ccc(OC)nn1. The van der Waals surface area contributed by atoms with Gasteiger partial charge in [0.15, 0.2) is 5.82 Å². The van der Waals surface area contributed by atoms with E-state index in [4.69, 9.17) is 9.47 Å². The molecular weight excluding hydrogens is 346 g/mol. The number of aromatic nitrogens is 4. The highest BCUT2D eigenvalue weighted by molar-refractivity contribution is 5.95. The number of nitrogens with one attached hydrogen (secondary N) is 1. The quantitative estimate of drug-likeness (QED) is 0.688. The average Bonchev–Trinajstić information content (AvgIpc) is 3.16. The Hall–Kier alpha value is -3.42. The summed E-state index contributed by atoms with van der Waals surface area (Å²) in [6.45, 7) is 2.38. The largest absolute Gasteiger partial charge is 0.497 e. The molecule has 0 radical (unpaired) electrons. The molecule has 8 heteroatoms. The number of nitrogens with zero attached hydrogens (tertiary/aromatic N) is 4. The van der Waals surface area contributed by atoms with Crippen molar-refractivity contribution in [3.8, 4) is 17.4 Å². The van der Waals surface area contributed by atoms with E-state index in [9.17, 15) is 4.79 Å². The minimum Gasteiger partial charge on any atom is -0.497 e. The summed E-state index contributed by atoms with van der Waals surface area (Å²) in [6, 6.07) is 11.0. The first kappa shape index (κ1) is 18.4. The lowest BCUT2D eigenvalue weighted by Crippen LogP contribution is -2.23. The van der Waals surface area contributed by atoms with Crippen molar-refractivity contribution in [2.75, 3.05) is 14.2 Å². The Balaban J connectivity index is 1.75. The Morgan fingerprint density at radius 3 is 2.44 bits per heavy atom. The zero-order chi connectivity index (χ0) is 19.2. The molecule has 27 heavy (non-hydrogen) atoms. The van der Waals surface area contributed by atoms with Crippen LogP contribution in [-0.2, 0) is 13.0 Å². The Labute approximate surface area is 157 Å². The molecule has 3 rings (SSSR count). The lowest BCUT2D eigenvalue weighted by molar-refractivity contribution is 0.0950. The average molecular weight is 367 g/mol. The highest BCUT2D eigenvalue weighted by atomic mass is 16.5. The molecule has 8 nitrogen and oxygen atoms in total. The third-order valence-electron chi connectivity index (χ3n) is 4.11. The van der Waals surface area contributed by atoms with Crippen LogP contribution in [0.1, 0.15) is 28.5 Å². The molecule has 0 aliphatic carbocycles. The van der Waals surface area contributed by atoms with Gasteiger partial charge < -0.3 is 14.8 Å². The summed E-state index contributed by atoms with van der Waals surface area (Å²) < 4.78 is 11.8. The van der Waals surface area contributed by atoms with Crippen LogP contribution in [0.15, 0.2) is 42.6 Å². The van der Waals surface area contributed by atoms with Crippen molar-refractivity contribution in [2.45, 2.75) is 19.9 Å². The molecule has 0 fully saturated rings. The highest BCUT2D eigenvalue weighted by Crippen LogP contribution is 2.16. The van der Waals surface area contributed by atoms with E-state index in [1.165, 1.54) is 7.11 Å². The number of hydrogen-bond acceptors (Lipinski definition) is 6. The Bertz CT molecular complexity index is 904. The predicted octanol–water partition coefficient (Wildman–Crippen LogP) is 2.17. The molecule has 0 unspecified atom stereocenters. The van der Waals surface area contributed by atoms with Crippen LogP contribution in [0.3, 0.4) is 0 Å². The summed E-state index contributed by atoms with van der Waals surface area (Å²) in [7, 11) is 3.15. The second-order valence-corrected chi connectivity index (χ2v) is 5.73. The fourth-order valence-electron chi connectivity index (χ4n) is 2.66. The van der Waals surface area contributed by atoms with Crippen LogP contribution < -0.4 is 14.8 Å². The lowest BCUT2D eigenvalue weighted by Gasteiger charge is -2.08. The van der Waals surface area contributed by atoms with E-state index in [0.29, 0.717) is 30.2 Å². The summed E-state index contributed by atoms with van der Waals surface area (Å²) >= 11 is 0. The molecule has 0 bridgehead atoms. The lowest BCUT2D eigenvalue weighted by atomic mass is 10.1. The molecule has 0 saturated carbocycles. The molecule has 0 spiro atoms. The van der Waals surface area contributed by atoms with E-state index in [1.807, 2.05) is 31.2 Å². The second-order valence-electron chi connectivity index (χ2n) is 5.73. The van der Waals surface area contributed by atoms with Gasteiger partial charge in [0, 0.05) is 12.6 Å². The van der Waals surface area contributed by atoms with E-state index in [1.54, 1.807) is 30.1 Å². The van der Waals surface area contributed by atoms with Gasteiger partial charge >= 0.3 is 0 Å². The molecule has 0 aliphatic heterocycles. The van der Waals surface area contributed by atoms with Crippen LogP contribution >= 0.6 is 0 Å². The number of methoxy groups -OCH3 is 2. The van der Waals surface area contributed by atoms with Gasteiger partial charge in [-0.2, -0.15) is 5.10 Å². The fraction of sp³-hybridized carbons (Fsp3) is 0.263. The highest BCUT2D eigenvalue weighted by Gasteiger charge is 2.18. The van der Waals surface area contributed by atoms with Gasteiger partial charge in [-0.05, 0) is 30.2 Å². The monoisotopic (exact) mass is 367 g/mol. The number of hydrogen-bond donors (Lipinski definition) is 1. The van der Waals surface area contributed by atoms with E-state index < -0.39 is 0 Å². The van der Waals surface area contributed by atoms with Crippen molar-refractivity contribution in [3.05, 3.63) is 59.4 Å². The van der Waals surface area contributed by atoms with Gasteiger partial charge in [-0.3, -0.25) is 4.79 Å². The van der Waals surface area contributed by atoms with Gasteiger partial charge in [-0.15, -0.1) is 10.2 Å². The van der Waals surface area contributed by atoms with E-state index in [-0.39, 0.29) is 5.91 Å². The number of carbonyl (C=O) groups is 1. The minimum absolute atomic E-state index is 0.185. The molecule has 2 aromatic heterocycles. The van der Waals surface area contributed by atoms with Crippen molar-refractivity contribution in [1.29, 1.82) is 0 Å². The van der Waals surface area contributed by atoms with Crippen molar-refractivity contribution < 1.29 is 14.3 Å². The van der Waals surface area contributed by atoms with E-state index >= 15 is 0 Å². The van der Waals surface area contributed by atoms with Gasteiger partial charge in [0.2, 0.25) is 5.88 Å². The number of benzene rings is 1. The first-order valence-corrected chi connectivity index (χ1v) is 8.52. The maximum Gasteiger partial charge on any atom is 0.255 e. The minimum atomic E-state index is -0.185. The van der Waals surface area contributed by atoms with Gasteiger partial charge in [0.05, 0.1) is 31.7 Å². The summed E-state index contributed by atoms with van der Waals surface area (Å²) in [6.07, 6.45) is 2.17. The Kier molecular flexibility index (Phi) is 5.65. The molecule has 3 aromatic rings. The number of carbonyl (C=O) groups excluding carboxylic acids is 1. The van der Waals surface area contributed by atoms with Crippen molar-refractivity contribution >= 4 is 5.91 Å². The summed E-state index contributed by atoms with van der Waals surface area (Å²) in [4.78, 5) is 12.6. The maximum absolute atomic E-state index is 12.6. The molecule has 0 atom stereocenters. The topological polar surface area (TPSA) is 91.2 Å². The van der Waals surface area contributed by atoms with Crippen LogP contribution in [0.25, 0.3) is 5.82 Å². The van der Waals surface area contributed by atoms with Crippen molar-refractivity contribution in [1.82, 2.24) is 25.3 Å². The maximum atomic E-state index is 12.6. The van der Waals surface area contributed by atoms with Crippen LogP contribution in [0.4, 0.5) is 0 Å². The molecule has 2 heterocycles. The van der Waals surface area contributed by atoms with Crippen molar-refractivity contribution in [3.63, 3.8) is 0 Å². The Morgan fingerprint density at radius 2 is 1.85 bits per heavy atom. The first-order valence-electron chi connectivity index (χ1n) is 8.52. The molecule has 0 aliphatic rings. The van der Waals surface area contributed by atoms with Crippen molar-refractivity contribution in [2.24, 2.45) is 0 Å². The van der Waals surface area contributed by atoms with Crippen LogP contribution in [0, 0.1) is 0 Å². The van der Waals surface area contributed by atoms with Crippen LogP contribution in [0.5, 0.6) is 11.6 Å². The number of rotatable bonds is 7. The summed E-state index contributed by atoms with van der Waals surface area (Å²) in [5.41, 5.74) is 2.26. The molecule has 0 saturated heterocycles. The standard InChI is InChI=1S/C19H21N5O3/c1-4-16-15(12-21-24(16)17-9-10-18(27-3)23-22-17)19(25)20-11-13-5-7-14(26-2)8-6-13/h5-10,12H,4,11H2,1-3H3,(H,20,25). The van der Waals surface area contributed by atoms with Gasteiger partial charge in [0.1, 0.15) is 5.75 Å². The smallest absolute Gasteiger partial charge is 0.255 e. The zero-order valence-corrected chi connectivity index (χ0v) is 15.5. The predicted molar refractivity (Wildman–Crippen MR) is 99.2 cm³/mol. The van der Waals surface area contributed by atoms with Gasteiger partial charge in [-0.25, -0.2) is 4.68 Å². The Morgan fingerprint density at radius 1 is 1.07 bits per heavy atom. The third-order valence-corrected chi connectivity index (χ3v) is 4.11.